The highest BCUT2D eigenvalue weighted by Gasteiger charge is 2.54. The Morgan fingerprint density at radius 1 is 1.21 bits per heavy atom. The minimum Gasteiger partial charge on any atom is -0.444 e. The van der Waals surface area contributed by atoms with Gasteiger partial charge in [0.05, 0.1) is 17.5 Å². The molecule has 0 aromatic heterocycles. The lowest BCUT2D eigenvalue weighted by Gasteiger charge is -2.36. The normalized spacial score (nSPS) is 36.4. The lowest BCUT2D eigenvalue weighted by Crippen LogP contribution is -2.47. The number of amidine groups is 1. The fourth-order valence-electron chi connectivity index (χ4n) is 5.14. The number of sulfone groups is 1. The van der Waals surface area contributed by atoms with Gasteiger partial charge in [0, 0.05) is 11.3 Å². The van der Waals surface area contributed by atoms with Crippen LogP contribution in [0.5, 0.6) is 0 Å². The highest BCUT2D eigenvalue weighted by Crippen LogP contribution is 2.51. The van der Waals surface area contributed by atoms with E-state index in [1.54, 1.807) is 20.8 Å². The molecule has 0 spiro atoms. The van der Waals surface area contributed by atoms with Crippen LogP contribution in [0.2, 0.25) is 0 Å². The van der Waals surface area contributed by atoms with Crippen molar-refractivity contribution in [2.75, 3.05) is 18.1 Å². The van der Waals surface area contributed by atoms with E-state index in [1.165, 1.54) is 31.0 Å². The van der Waals surface area contributed by atoms with Crippen LogP contribution in [-0.4, -0.2) is 71.5 Å². The molecule has 29 heavy (non-hydrogen) atoms. The van der Waals surface area contributed by atoms with Crippen molar-refractivity contribution in [3.63, 3.8) is 0 Å². The first-order valence-corrected chi connectivity index (χ1v) is 12.9. The van der Waals surface area contributed by atoms with E-state index in [0.717, 1.165) is 6.42 Å². The van der Waals surface area contributed by atoms with Crippen LogP contribution in [0, 0.1) is 11.8 Å². The van der Waals surface area contributed by atoms with Gasteiger partial charge in [-0.1, -0.05) is 18.2 Å². The molecular weight excluding hydrogens is 414 g/mol. The van der Waals surface area contributed by atoms with Crippen LogP contribution in [0.3, 0.4) is 0 Å². The number of amides is 2. The second-order valence-corrected chi connectivity index (χ2v) is 13.0. The summed E-state index contributed by atoms with van der Waals surface area (Å²) in [6.07, 6.45) is 4.01. The van der Waals surface area contributed by atoms with Crippen molar-refractivity contribution in [3.8, 4) is 0 Å². The van der Waals surface area contributed by atoms with Gasteiger partial charge in [-0.25, -0.2) is 13.2 Å². The van der Waals surface area contributed by atoms with E-state index in [0.29, 0.717) is 17.0 Å². The summed E-state index contributed by atoms with van der Waals surface area (Å²) in [6, 6.07) is 0.176. The summed E-state index contributed by atoms with van der Waals surface area (Å²) in [5, 5.41) is 3.01. The van der Waals surface area contributed by atoms with Crippen molar-refractivity contribution < 1.29 is 22.7 Å². The van der Waals surface area contributed by atoms with Crippen LogP contribution in [0.4, 0.5) is 4.79 Å². The van der Waals surface area contributed by atoms with E-state index in [9.17, 15) is 18.0 Å². The number of hydrogen-bond donors (Lipinski definition) is 1. The van der Waals surface area contributed by atoms with Gasteiger partial charge in [-0.2, -0.15) is 4.99 Å². The smallest absolute Gasteiger partial charge is 0.408 e. The van der Waals surface area contributed by atoms with Gasteiger partial charge < -0.3 is 15.0 Å². The second kappa shape index (κ2) is 7.44. The third-order valence-electron chi connectivity index (χ3n) is 6.17. The summed E-state index contributed by atoms with van der Waals surface area (Å²) in [6.45, 7) is 5.02. The third-order valence-corrected chi connectivity index (χ3v) is 9.39. The highest BCUT2D eigenvalue weighted by atomic mass is 32.2. The molecule has 2 aliphatic carbocycles. The Morgan fingerprint density at radius 3 is 2.59 bits per heavy atom. The number of carbonyl (C=O) groups excluding carboxylic acids is 2. The fraction of sp³-hybridized carbons (Fsp3) is 0.842. The Kier molecular flexibility index (Phi) is 5.38. The Hall–Kier alpha value is -1.29. The summed E-state index contributed by atoms with van der Waals surface area (Å²) < 4.78 is 29.5. The predicted octanol–water partition coefficient (Wildman–Crippen LogP) is 1.80. The molecule has 2 heterocycles. The first-order valence-electron chi connectivity index (χ1n) is 10.2. The van der Waals surface area contributed by atoms with Crippen molar-refractivity contribution in [3.05, 3.63) is 0 Å². The zero-order chi connectivity index (χ0) is 21.0. The fourth-order valence-corrected chi connectivity index (χ4v) is 9.13. The summed E-state index contributed by atoms with van der Waals surface area (Å²) in [5.74, 6) is 1.10. The van der Waals surface area contributed by atoms with Crippen molar-refractivity contribution in [2.45, 2.75) is 69.4 Å². The molecule has 0 aromatic rings. The number of aliphatic imine (C=N–C) groups is 1. The van der Waals surface area contributed by atoms with Crippen LogP contribution in [0.15, 0.2) is 4.99 Å². The zero-order valence-electron chi connectivity index (χ0n) is 17.1. The zero-order valence-corrected chi connectivity index (χ0v) is 18.7. The molecule has 4 rings (SSSR count). The number of ether oxygens (including phenoxy) is 1. The van der Waals surface area contributed by atoms with Crippen molar-refractivity contribution >= 4 is 38.8 Å². The Morgan fingerprint density at radius 2 is 1.97 bits per heavy atom. The number of alkyl carbamates (subject to hydrolysis) is 1. The molecule has 0 radical (unpaired) electrons. The number of thioether (sulfide) groups is 1. The monoisotopic (exact) mass is 443 g/mol. The lowest BCUT2D eigenvalue weighted by atomic mass is 9.93. The topological polar surface area (TPSA) is 105 Å². The molecular formula is C19H29N3O5S2. The second-order valence-electron chi connectivity index (χ2n) is 9.59. The largest absolute Gasteiger partial charge is 0.444 e. The van der Waals surface area contributed by atoms with E-state index in [-0.39, 0.29) is 35.4 Å². The average Bonchev–Trinajstić information content (AvgIpc) is 3.30. The number of rotatable bonds is 3. The molecule has 2 aliphatic heterocycles. The minimum absolute atomic E-state index is 0.0653. The molecule has 162 valence electrons. The van der Waals surface area contributed by atoms with E-state index in [2.05, 4.69) is 15.2 Å². The minimum atomic E-state index is -3.05. The molecule has 2 bridgehead atoms. The molecule has 4 aliphatic rings. The van der Waals surface area contributed by atoms with Crippen molar-refractivity contribution in [2.24, 2.45) is 16.8 Å². The quantitative estimate of drug-likeness (QED) is 0.709. The van der Waals surface area contributed by atoms with Crippen LogP contribution in [-0.2, 0) is 19.4 Å². The van der Waals surface area contributed by atoms with Gasteiger partial charge in [0.15, 0.2) is 15.0 Å². The standard InChI is InChI=1S/C19H29N3O5S2/c1-19(2,3)27-18(24)20-8-16(23)21-17-22(13-7-11-4-5-12(13)6-11)14-9-29(25,26)10-15(14)28-17/h11-15H,4-10H2,1-3H3,(H,20,24)/t11-,12-,13+,14+,15+/m0/s1. The maximum Gasteiger partial charge on any atom is 0.408 e. The van der Waals surface area contributed by atoms with E-state index >= 15 is 0 Å². The van der Waals surface area contributed by atoms with Crippen LogP contribution in [0.25, 0.3) is 0 Å². The van der Waals surface area contributed by atoms with Crippen LogP contribution in [0.1, 0.15) is 46.5 Å². The summed E-state index contributed by atoms with van der Waals surface area (Å²) in [4.78, 5) is 30.6. The van der Waals surface area contributed by atoms with E-state index in [4.69, 9.17) is 4.74 Å². The maximum absolute atomic E-state index is 12.4. The van der Waals surface area contributed by atoms with Crippen LogP contribution < -0.4 is 5.32 Å². The molecule has 0 unspecified atom stereocenters. The van der Waals surface area contributed by atoms with Gasteiger partial charge in [0.2, 0.25) is 0 Å². The van der Waals surface area contributed by atoms with Crippen molar-refractivity contribution in [1.29, 1.82) is 0 Å². The Balaban J connectivity index is 1.46. The third kappa shape index (κ3) is 4.57. The van der Waals surface area contributed by atoms with Crippen LogP contribution >= 0.6 is 11.8 Å². The van der Waals surface area contributed by atoms with Gasteiger partial charge in [-0.15, -0.1) is 0 Å². The highest BCUT2D eigenvalue weighted by molar-refractivity contribution is 8.15. The molecule has 4 fully saturated rings. The predicted molar refractivity (Wildman–Crippen MR) is 112 cm³/mol. The number of nitrogens with zero attached hydrogens (tertiary/aromatic N) is 2. The maximum atomic E-state index is 12.4. The first-order chi connectivity index (χ1) is 13.5. The summed E-state index contributed by atoms with van der Waals surface area (Å²) in [7, 11) is -3.05. The van der Waals surface area contributed by atoms with Gasteiger partial charge in [-0.3, -0.25) is 4.79 Å². The number of nitrogens with one attached hydrogen (secondary N) is 1. The van der Waals surface area contributed by atoms with Crippen molar-refractivity contribution in [1.82, 2.24) is 10.2 Å². The number of fused-ring (bicyclic) bond motifs is 3. The van der Waals surface area contributed by atoms with Gasteiger partial charge in [0.25, 0.3) is 5.91 Å². The molecule has 8 nitrogen and oxygen atoms in total. The molecule has 5 atom stereocenters. The molecule has 2 amide bonds. The molecule has 2 saturated carbocycles. The number of hydrogen-bond acceptors (Lipinski definition) is 6. The summed E-state index contributed by atoms with van der Waals surface area (Å²) >= 11 is 1.41. The average molecular weight is 444 g/mol. The van der Waals surface area contributed by atoms with E-state index < -0.39 is 27.4 Å². The molecule has 10 heteroatoms. The van der Waals surface area contributed by atoms with Gasteiger partial charge in [-0.05, 0) is 51.9 Å². The van der Waals surface area contributed by atoms with E-state index in [1.807, 2.05) is 0 Å². The van der Waals surface area contributed by atoms with Gasteiger partial charge in [0.1, 0.15) is 12.1 Å². The summed E-state index contributed by atoms with van der Waals surface area (Å²) in [5.41, 5.74) is -0.637. The Bertz CT molecular complexity index is 835. The first kappa shape index (κ1) is 21.0. The molecule has 0 aromatic carbocycles. The lowest BCUT2D eigenvalue weighted by molar-refractivity contribution is -0.117. The number of carbonyl (C=O) groups is 2. The molecule has 2 saturated heterocycles. The SMILES string of the molecule is CC(C)(C)OC(=O)NCC(=O)N=C1S[C@@H]2CS(=O)(=O)C[C@H]2N1[C@@H]1C[C@H]2CC[C@H]1C2. The molecule has 1 N–H and O–H groups in total. The Labute approximate surface area is 176 Å². The van der Waals surface area contributed by atoms with Gasteiger partial charge >= 0.3 is 6.09 Å².